The number of H-pyrrole nitrogens is 1. The molecule has 2 N–H and O–H groups in total. The van der Waals surface area contributed by atoms with Crippen LogP contribution in [0.1, 0.15) is 15.9 Å². The number of amides is 1. The van der Waals surface area contributed by atoms with E-state index in [1.807, 2.05) is 18.2 Å². The highest BCUT2D eigenvalue weighted by atomic mass is 16.6. The third kappa shape index (κ3) is 2.89. The van der Waals surface area contributed by atoms with E-state index in [1.165, 1.54) is 18.5 Å². The molecule has 0 bridgehead atoms. The molecular weight excluding hydrogens is 272 g/mol. The fourth-order valence-electron chi connectivity index (χ4n) is 2.07. The summed E-state index contributed by atoms with van der Waals surface area (Å²) in [5.74, 6) is 0.966. The Kier molecular flexibility index (Phi) is 3.59. The Bertz CT molecular complexity index is 724. The number of hydrogen-bond donors (Lipinski definition) is 2. The van der Waals surface area contributed by atoms with E-state index in [4.69, 9.17) is 9.47 Å². The van der Waals surface area contributed by atoms with Crippen LogP contribution in [0, 0.1) is 0 Å². The number of ether oxygens (including phenoxy) is 2. The smallest absolute Gasteiger partial charge is 0.257 e. The quantitative estimate of drug-likeness (QED) is 0.884. The summed E-state index contributed by atoms with van der Waals surface area (Å²) >= 11 is 0. The van der Waals surface area contributed by atoms with Gasteiger partial charge in [-0.15, -0.1) is 0 Å². The monoisotopic (exact) mass is 286 g/mol. The molecule has 0 radical (unpaired) electrons. The zero-order chi connectivity index (χ0) is 14.7. The molecule has 0 aliphatic carbocycles. The first-order valence-corrected chi connectivity index (χ1v) is 6.58. The molecule has 108 valence electrons. The van der Waals surface area contributed by atoms with E-state index in [1.54, 1.807) is 0 Å². The molecule has 0 saturated heterocycles. The number of fused-ring (bicyclic) bond motifs is 1. The number of benzene rings is 1. The molecule has 6 nitrogen and oxygen atoms in total. The maximum absolute atomic E-state index is 11.9. The molecule has 0 unspecified atom stereocenters. The summed E-state index contributed by atoms with van der Waals surface area (Å²) in [5, 5.41) is 2.71. The van der Waals surface area contributed by atoms with Crippen LogP contribution < -0.4 is 20.2 Å². The predicted molar refractivity (Wildman–Crippen MR) is 75.7 cm³/mol. The topological polar surface area (TPSA) is 80.4 Å². The molecule has 1 aliphatic heterocycles. The van der Waals surface area contributed by atoms with E-state index in [0.29, 0.717) is 31.3 Å². The molecule has 0 saturated carbocycles. The molecule has 0 spiro atoms. The van der Waals surface area contributed by atoms with Crippen molar-refractivity contribution in [3.8, 4) is 11.5 Å². The third-order valence-electron chi connectivity index (χ3n) is 3.13. The van der Waals surface area contributed by atoms with Crippen LogP contribution in [0.4, 0.5) is 0 Å². The number of aromatic amines is 1. The number of carbonyl (C=O) groups excluding carboxylic acids is 1. The van der Waals surface area contributed by atoms with Gasteiger partial charge >= 0.3 is 0 Å². The van der Waals surface area contributed by atoms with Gasteiger partial charge in [-0.3, -0.25) is 9.59 Å². The SMILES string of the molecule is O=C(NCc1ccc2c(c1)OCCO2)c1c[nH]ccc1=O. The Balaban J connectivity index is 1.69. The highest BCUT2D eigenvalue weighted by Gasteiger charge is 2.13. The lowest BCUT2D eigenvalue weighted by molar-refractivity contribution is 0.0949. The lowest BCUT2D eigenvalue weighted by Gasteiger charge is -2.18. The van der Waals surface area contributed by atoms with Gasteiger partial charge in [-0.25, -0.2) is 0 Å². The fourth-order valence-corrected chi connectivity index (χ4v) is 2.07. The van der Waals surface area contributed by atoms with Crippen LogP contribution >= 0.6 is 0 Å². The van der Waals surface area contributed by atoms with Gasteiger partial charge in [0.25, 0.3) is 5.91 Å². The van der Waals surface area contributed by atoms with Crippen LogP contribution in [-0.4, -0.2) is 24.1 Å². The summed E-state index contributed by atoms with van der Waals surface area (Å²) in [6, 6.07) is 6.80. The summed E-state index contributed by atoms with van der Waals surface area (Å²) in [7, 11) is 0. The van der Waals surface area contributed by atoms with Gasteiger partial charge in [-0.05, 0) is 17.7 Å². The third-order valence-corrected chi connectivity index (χ3v) is 3.13. The number of rotatable bonds is 3. The Morgan fingerprint density at radius 3 is 2.81 bits per heavy atom. The highest BCUT2D eigenvalue weighted by molar-refractivity contribution is 5.93. The first kappa shape index (κ1) is 13.2. The van der Waals surface area contributed by atoms with Crippen molar-refractivity contribution in [3.05, 3.63) is 58.0 Å². The van der Waals surface area contributed by atoms with Gasteiger partial charge in [0.2, 0.25) is 0 Å². The van der Waals surface area contributed by atoms with Crippen molar-refractivity contribution in [1.82, 2.24) is 10.3 Å². The number of pyridine rings is 1. The predicted octanol–water partition coefficient (Wildman–Crippen LogP) is 1.08. The molecule has 0 atom stereocenters. The normalized spacial score (nSPS) is 12.8. The maximum Gasteiger partial charge on any atom is 0.257 e. The molecular formula is C15H14N2O4. The first-order chi connectivity index (χ1) is 10.2. The summed E-state index contributed by atoms with van der Waals surface area (Å²) < 4.78 is 10.9. The van der Waals surface area contributed by atoms with Gasteiger partial charge in [0.1, 0.15) is 18.8 Å². The van der Waals surface area contributed by atoms with E-state index >= 15 is 0 Å². The Morgan fingerprint density at radius 2 is 2.00 bits per heavy atom. The molecule has 21 heavy (non-hydrogen) atoms. The van der Waals surface area contributed by atoms with Crippen molar-refractivity contribution >= 4 is 5.91 Å². The van der Waals surface area contributed by atoms with Crippen LogP contribution in [-0.2, 0) is 6.54 Å². The van der Waals surface area contributed by atoms with Gasteiger partial charge < -0.3 is 19.8 Å². The van der Waals surface area contributed by atoms with Crippen molar-refractivity contribution < 1.29 is 14.3 Å². The van der Waals surface area contributed by atoms with Gasteiger partial charge in [-0.2, -0.15) is 0 Å². The van der Waals surface area contributed by atoms with E-state index in [9.17, 15) is 9.59 Å². The van der Waals surface area contributed by atoms with Crippen LogP contribution in [0.5, 0.6) is 11.5 Å². The first-order valence-electron chi connectivity index (χ1n) is 6.58. The lowest BCUT2D eigenvalue weighted by atomic mass is 10.2. The minimum Gasteiger partial charge on any atom is -0.486 e. The molecule has 3 rings (SSSR count). The summed E-state index contributed by atoms with van der Waals surface area (Å²) in [4.78, 5) is 26.2. The minimum atomic E-state index is -0.410. The van der Waals surface area contributed by atoms with Crippen molar-refractivity contribution in [2.45, 2.75) is 6.54 Å². The van der Waals surface area contributed by atoms with E-state index < -0.39 is 5.91 Å². The molecule has 2 heterocycles. The van der Waals surface area contributed by atoms with Crippen molar-refractivity contribution in [3.63, 3.8) is 0 Å². The zero-order valence-corrected chi connectivity index (χ0v) is 11.2. The summed E-state index contributed by atoms with van der Waals surface area (Å²) in [6.45, 7) is 1.37. The van der Waals surface area contributed by atoms with E-state index in [0.717, 1.165) is 5.56 Å². The number of hydrogen-bond acceptors (Lipinski definition) is 4. The standard InChI is InChI=1S/C15H14N2O4/c18-12-3-4-16-9-11(12)15(19)17-8-10-1-2-13-14(7-10)21-6-5-20-13/h1-4,7,9H,5-6,8H2,(H,16,18)(H,17,19). The van der Waals surface area contributed by atoms with E-state index in [-0.39, 0.29) is 11.0 Å². The van der Waals surface area contributed by atoms with Crippen molar-refractivity contribution in [1.29, 1.82) is 0 Å². The van der Waals surface area contributed by atoms with Gasteiger partial charge in [0.05, 0.1) is 0 Å². The van der Waals surface area contributed by atoms with Crippen LogP contribution in [0.3, 0.4) is 0 Å². The average Bonchev–Trinajstić information content (AvgIpc) is 2.53. The zero-order valence-electron chi connectivity index (χ0n) is 11.2. The second-order valence-electron chi connectivity index (χ2n) is 4.58. The molecule has 2 aromatic rings. The molecule has 0 fully saturated rings. The molecule has 1 amide bonds. The van der Waals surface area contributed by atoms with Crippen molar-refractivity contribution in [2.24, 2.45) is 0 Å². The Hall–Kier alpha value is -2.76. The van der Waals surface area contributed by atoms with Crippen LogP contribution in [0.15, 0.2) is 41.5 Å². The molecule has 1 aromatic carbocycles. The van der Waals surface area contributed by atoms with Gasteiger partial charge in [0, 0.05) is 25.0 Å². The number of nitrogens with one attached hydrogen (secondary N) is 2. The van der Waals surface area contributed by atoms with Gasteiger partial charge in [0.15, 0.2) is 16.9 Å². The molecule has 1 aliphatic rings. The average molecular weight is 286 g/mol. The molecule has 1 aromatic heterocycles. The summed E-state index contributed by atoms with van der Waals surface area (Å²) in [5.41, 5.74) is 0.656. The number of aromatic nitrogens is 1. The largest absolute Gasteiger partial charge is 0.486 e. The van der Waals surface area contributed by atoms with Gasteiger partial charge in [-0.1, -0.05) is 6.07 Å². The lowest BCUT2D eigenvalue weighted by Crippen LogP contribution is -2.28. The highest BCUT2D eigenvalue weighted by Crippen LogP contribution is 2.30. The maximum atomic E-state index is 11.9. The number of carbonyl (C=O) groups is 1. The van der Waals surface area contributed by atoms with E-state index in [2.05, 4.69) is 10.3 Å². The second-order valence-corrected chi connectivity index (χ2v) is 4.58. The second kappa shape index (κ2) is 5.70. The summed E-state index contributed by atoms with van der Waals surface area (Å²) in [6.07, 6.45) is 2.88. The molecule has 6 heteroatoms. The van der Waals surface area contributed by atoms with Crippen LogP contribution in [0.2, 0.25) is 0 Å². The van der Waals surface area contributed by atoms with Crippen LogP contribution in [0.25, 0.3) is 0 Å². The Morgan fingerprint density at radius 1 is 1.19 bits per heavy atom. The Labute approximate surface area is 120 Å². The van der Waals surface area contributed by atoms with Crippen molar-refractivity contribution in [2.75, 3.05) is 13.2 Å². The minimum absolute atomic E-state index is 0.0926. The fraction of sp³-hybridized carbons (Fsp3) is 0.200.